The summed E-state index contributed by atoms with van der Waals surface area (Å²) in [4.78, 5) is 6.86. The van der Waals surface area contributed by atoms with Gasteiger partial charge in [0, 0.05) is 24.7 Å². The van der Waals surface area contributed by atoms with Gasteiger partial charge in [-0.05, 0) is 43.5 Å². The highest BCUT2D eigenvalue weighted by Crippen LogP contribution is 2.25. The Hall–Kier alpha value is -1.43. The lowest BCUT2D eigenvalue weighted by molar-refractivity contribution is 0.114. The largest absolute Gasteiger partial charge is 0.444 e. The topological polar surface area (TPSA) is 55.3 Å². The van der Waals surface area contributed by atoms with Crippen LogP contribution < -0.4 is 5.73 Å². The monoisotopic (exact) mass is 339 g/mol. The standard InChI is InChI=1S/C17H22FN3O.ClH/c1-12-5-6-21(16(7-12)9-19)10-15-11-22-17(20-15)13-3-2-4-14(18)8-13;/h2-4,8,11-12,16H,5-7,9-10,19H2,1H3;1H. The molecule has 1 saturated heterocycles. The van der Waals surface area contributed by atoms with E-state index in [4.69, 9.17) is 10.2 Å². The predicted octanol–water partition coefficient (Wildman–Crippen LogP) is 3.46. The summed E-state index contributed by atoms with van der Waals surface area (Å²) in [6, 6.07) is 6.70. The molecule has 1 fully saturated rings. The van der Waals surface area contributed by atoms with Gasteiger partial charge in [0.25, 0.3) is 0 Å². The first-order chi connectivity index (χ1) is 10.7. The normalized spacial score (nSPS) is 21.9. The molecule has 0 radical (unpaired) electrons. The Morgan fingerprint density at radius 3 is 3.00 bits per heavy atom. The summed E-state index contributed by atoms with van der Waals surface area (Å²) in [5.41, 5.74) is 7.42. The molecule has 0 amide bonds. The van der Waals surface area contributed by atoms with Crippen molar-refractivity contribution >= 4 is 12.4 Å². The number of rotatable bonds is 4. The minimum absolute atomic E-state index is 0. The van der Waals surface area contributed by atoms with E-state index in [1.165, 1.54) is 18.6 Å². The van der Waals surface area contributed by atoms with Crippen LogP contribution in [-0.2, 0) is 6.54 Å². The lowest BCUT2D eigenvalue weighted by atomic mass is 9.92. The molecule has 1 aliphatic rings. The predicted molar refractivity (Wildman–Crippen MR) is 90.8 cm³/mol. The molecule has 1 aromatic carbocycles. The smallest absolute Gasteiger partial charge is 0.226 e. The molecule has 2 N–H and O–H groups in total. The second-order valence-electron chi connectivity index (χ2n) is 6.14. The Labute approximate surface area is 142 Å². The molecule has 126 valence electrons. The Balaban J connectivity index is 0.00000192. The van der Waals surface area contributed by atoms with Gasteiger partial charge in [-0.25, -0.2) is 9.37 Å². The van der Waals surface area contributed by atoms with Crippen LogP contribution >= 0.6 is 12.4 Å². The second kappa shape index (κ2) is 7.90. The number of nitrogens with two attached hydrogens (primary N) is 1. The number of hydrogen-bond acceptors (Lipinski definition) is 4. The minimum atomic E-state index is -0.287. The van der Waals surface area contributed by atoms with Crippen molar-refractivity contribution in [2.24, 2.45) is 11.7 Å². The van der Waals surface area contributed by atoms with Gasteiger partial charge in [0.05, 0.1) is 5.69 Å². The summed E-state index contributed by atoms with van der Waals surface area (Å²) < 4.78 is 18.8. The zero-order chi connectivity index (χ0) is 15.5. The van der Waals surface area contributed by atoms with Crippen molar-refractivity contribution < 1.29 is 8.81 Å². The van der Waals surface area contributed by atoms with E-state index in [1.54, 1.807) is 18.4 Å². The fourth-order valence-corrected chi connectivity index (χ4v) is 3.10. The van der Waals surface area contributed by atoms with E-state index >= 15 is 0 Å². The van der Waals surface area contributed by atoms with Crippen molar-refractivity contribution in [3.8, 4) is 11.5 Å². The molecule has 0 saturated carbocycles. The molecule has 6 heteroatoms. The lowest BCUT2D eigenvalue weighted by Gasteiger charge is -2.37. The SMILES string of the molecule is CC1CCN(Cc2coc(-c3cccc(F)c3)n2)C(CN)C1.Cl. The van der Waals surface area contributed by atoms with Crippen molar-refractivity contribution in [1.29, 1.82) is 0 Å². The van der Waals surface area contributed by atoms with Gasteiger partial charge in [0.2, 0.25) is 5.89 Å². The van der Waals surface area contributed by atoms with Crippen LogP contribution in [0.1, 0.15) is 25.5 Å². The zero-order valence-electron chi connectivity index (χ0n) is 13.2. The molecular formula is C17H23ClFN3O. The van der Waals surface area contributed by atoms with Crippen molar-refractivity contribution in [3.63, 3.8) is 0 Å². The molecule has 2 atom stereocenters. The molecule has 0 spiro atoms. The van der Waals surface area contributed by atoms with E-state index < -0.39 is 0 Å². The molecule has 23 heavy (non-hydrogen) atoms. The summed E-state index contributed by atoms with van der Waals surface area (Å²) in [5, 5.41) is 0. The Kier molecular flexibility index (Phi) is 6.16. The number of halogens is 2. The molecule has 0 bridgehead atoms. The Bertz CT molecular complexity index is 634. The van der Waals surface area contributed by atoms with Gasteiger partial charge in [-0.15, -0.1) is 12.4 Å². The van der Waals surface area contributed by atoms with Gasteiger partial charge < -0.3 is 10.2 Å². The average molecular weight is 340 g/mol. The molecule has 1 aliphatic heterocycles. The van der Waals surface area contributed by atoms with Crippen molar-refractivity contribution in [3.05, 3.63) is 42.0 Å². The van der Waals surface area contributed by atoms with Crippen LogP contribution in [0.3, 0.4) is 0 Å². The first-order valence-electron chi connectivity index (χ1n) is 7.80. The first kappa shape index (κ1) is 17.9. The van der Waals surface area contributed by atoms with Crippen LogP contribution in [0.4, 0.5) is 4.39 Å². The van der Waals surface area contributed by atoms with Crippen molar-refractivity contribution in [2.75, 3.05) is 13.1 Å². The highest BCUT2D eigenvalue weighted by Gasteiger charge is 2.26. The third-order valence-corrected chi connectivity index (χ3v) is 4.36. The van der Waals surface area contributed by atoms with E-state index in [0.29, 0.717) is 24.0 Å². The molecule has 2 unspecified atom stereocenters. The number of hydrogen-bond donors (Lipinski definition) is 1. The number of aromatic nitrogens is 1. The van der Waals surface area contributed by atoms with Crippen LogP contribution in [0, 0.1) is 11.7 Å². The average Bonchev–Trinajstić information content (AvgIpc) is 2.97. The van der Waals surface area contributed by atoms with E-state index in [-0.39, 0.29) is 18.2 Å². The third kappa shape index (κ3) is 4.31. The van der Waals surface area contributed by atoms with Gasteiger partial charge in [0.1, 0.15) is 12.1 Å². The maximum Gasteiger partial charge on any atom is 0.226 e. The van der Waals surface area contributed by atoms with E-state index in [1.807, 2.05) is 0 Å². The fraction of sp³-hybridized carbons (Fsp3) is 0.471. The summed E-state index contributed by atoms with van der Waals surface area (Å²) in [7, 11) is 0. The van der Waals surface area contributed by atoms with Crippen molar-refractivity contribution in [2.45, 2.75) is 32.4 Å². The number of oxazole rings is 1. The highest BCUT2D eigenvalue weighted by atomic mass is 35.5. The van der Waals surface area contributed by atoms with Gasteiger partial charge >= 0.3 is 0 Å². The number of nitrogens with zero attached hydrogens (tertiary/aromatic N) is 2. The second-order valence-corrected chi connectivity index (χ2v) is 6.14. The summed E-state index contributed by atoms with van der Waals surface area (Å²) in [6.45, 7) is 4.70. The van der Waals surface area contributed by atoms with Crippen LogP contribution in [-0.4, -0.2) is 29.0 Å². The van der Waals surface area contributed by atoms with Crippen LogP contribution in [0.5, 0.6) is 0 Å². The lowest BCUT2D eigenvalue weighted by Crippen LogP contribution is -2.45. The number of piperidine rings is 1. The highest BCUT2D eigenvalue weighted by molar-refractivity contribution is 5.85. The first-order valence-corrected chi connectivity index (χ1v) is 7.80. The van der Waals surface area contributed by atoms with Gasteiger partial charge in [-0.2, -0.15) is 0 Å². The third-order valence-electron chi connectivity index (χ3n) is 4.36. The zero-order valence-corrected chi connectivity index (χ0v) is 14.1. The summed E-state index contributed by atoms with van der Waals surface area (Å²) in [6.07, 6.45) is 3.97. The quantitative estimate of drug-likeness (QED) is 0.926. The van der Waals surface area contributed by atoms with Gasteiger partial charge in [-0.3, -0.25) is 4.90 Å². The number of likely N-dealkylation sites (tertiary alicyclic amines) is 1. The Morgan fingerprint density at radius 2 is 2.26 bits per heavy atom. The van der Waals surface area contributed by atoms with E-state index in [9.17, 15) is 4.39 Å². The molecular weight excluding hydrogens is 317 g/mol. The number of benzene rings is 1. The molecule has 2 aromatic rings. The maximum atomic E-state index is 13.3. The van der Waals surface area contributed by atoms with Crippen molar-refractivity contribution in [1.82, 2.24) is 9.88 Å². The van der Waals surface area contributed by atoms with Gasteiger partial charge in [0.15, 0.2) is 0 Å². The van der Waals surface area contributed by atoms with Crippen LogP contribution in [0.2, 0.25) is 0 Å². The fourth-order valence-electron chi connectivity index (χ4n) is 3.10. The maximum absolute atomic E-state index is 13.3. The van der Waals surface area contributed by atoms with Crippen LogP contribution in [0.15, 0.2) is 34.9 Å². The minimum Gasteiger partial charge on any atom is -0.444 e. The summed E-state index contributed by atoms with van der Waals surface area (Å²) in [5.74, 6) is 0.902. The van der Waals surface area contributed by atoms with Gasteiger partial charge in [-0.1, -0.05) is 13.0 Å². The van der Waals surface area contributed by atoms with Crippen LogP contribution in [0.25, 0.3) is 11.5 Å². The molecule has 2 heterocycles. The summed E-state index contributed by atoms with van der Waals surface area (Å²) >= 11 is 0. The Morgan fingerprint density at radius 1 is 1.43 bits per heavy atom. The molecule has 3 rings (SSSR count). The molecule has 0 aliphatic carbocycles. The van der Waals surface area contributed by atoms with E-state index in [2.05, 4.69) is 16.8 Å². The molecule has 4 nitrogen and oxygen atoms in total. The van der Waals surface area contributed by atoms with E-state index in [0.717, 1.165) is 31.1 Å². The molecule has 1 aromatic heterocycles.